The van der Waals surface area contributed by atoms with Gasteiger partial charge in [-0.15, -0.1) is 0 Å². The first-order valence-electron chi connectivity index (χ1n) is 4.99. The van der Waals surface area contributed by atoms with Crippen LogP contribution in [0.1, 0.15) is 30.3 Å². The molecule has 0 aromatic carbocycles. The Balaban J connectivity index is 1.86. The fraction of sp³-hybridized carbons (Fsp3) is 0.700. The summed E-state index contributed by atoms with van der Waals surface area (Å²) in [6, 6.07) is 2.15. The van der Waals surface area contributed by atoms with Gasteiger partial charge in [-0.1, -0.05) is 0 Å². The molecule has 1 atom stereocenters. The van der Waals surface area contributed by atoms with Gasteiger partial charge >= 0.3 is 0 Å². The van der Waals surface area contributed by atoms with Crippen LogP contribution in [0.3, 0.4) is 0 Å². The predicted octanol–water partition coefficient (Wildman–Crippen LogP) is 1.67. The average Bonchev–Trinajstić information content (AvgIpc) is 2.94. The minimum atomic E-state index is 0.347. The normalized spacial score (nSPS) is 26.4. The largest absolute Gasteiger partial charge is 0.366 e. The van der Waals surface area contributed by atoms with Gasteiger partial charge in [0.2, 0.25) is 0 Å². The van der Waals surface area contributed by atoms with E-state index in [0.717, 1.165) is 24.8 Å². The van der Waals surface area contributed by atoms with Crippen molar-refractivity contribution in [3.63, 3.8) is 0 Å². The molecular formula is C10H14N2O. The van der Waals surface area contributed by atoms with Gasteiger partial charge in [0.1, 0.15) is 6.10 Å². The summed E-state index contributed by atoms with van der Waals surface area (Å²) < 4.78 is 7.43. The lowest BCUT2D eigenvalue weighted by Gasteiger charge is -2.02. The van der Waals surface area contributed by atoms with Crippen LogP contribution in [-0.2, 0) is 11.3 Å². The lowest BCUT2D eigenvalue weighted by Crippen LogP contribution is -2.05. The highest BCUT2D eigenvalue weighted by molar-refractivity contribution is 5.15. The molecule has 3 heteroatoms. The van der Waals surface area contributed by atoms with Crippen molar-refractivity contribution in [2.24, 2.45) is 5.92 Å². The number of epoxide rings is 1. The summed E-state index contributed by atoms with van der Waals surface area (Å²) in [5.41, 5.74) is 2.40. The second-order valence-electron chi connectivity index (χ2n) is 4.16. The van der Waals surface area contributed by atoms with Crippen LogP contribution < -0.4 is 0 Å². The van der Waals surface area contributed by atoms with Crippen LogP contribution in [-0.4, -0.2) is 16.4 Å². The quantitative estimate of drug-likeness (QED) is 0.659. The predicted molar refractivity (Wildman–Crippen MR) is 48.4 cm³/mol. The zero-order chi connectivity index (χ0) is 8.84. The number of nitrogens with zero attached hydrogens (tertiary/aromatic N) is 2. The van der Waals surface area contributed by atoms with Gasteiger partial charge in [0.05, 0.1) is 18.0 Å². The minimum Gasteiger partial charge on any atom is -0.366 e. The van der Waals surface area contributed by atoms with E-state index >= 15 is 0 Å². The molecule has 13 heavy (non-hydrogen) atoms. The van der Waals surface area contributed by atoms with Crippen LogP contribution in [0.25, 0.3) is 0 Å². The molecule has 1 aliphatic heterocycles. The summed E-state index contributed by atoms with van der Waals surface area (Å²) in [5, 5.41) is 4.49. The fourth-order valence-electron chi connectivity index (χ4n) is 1.73. The van der Waals surface area contributed by atoms with Gasteiger partial charge in [-0.2, -0.15) is 5.10 Å². The van der Waals surface area contributed by atoms with E-state index in [-0.39, 0.29) is 0 Å². The Morgan fingerprint density at radius 1 is 1.62 bits per heavy atom. The van der Waals surface area contributed by atoms with Crippen molar-refractivity contribution in [3.8, 4) is 0 Å². The first-order valence-corrected chi connectivity index (χ1v) is 4.99. The van der Waals surface area contributed by atoms with E-state index in [1.54, 1.807) is 0 Å². The number of ether oxygens (including phenoxy) is 1. The van der Waals surface area contributed by atoms with Crippen LogP contribution in [0.15, 0.2) is 6.07 Å². The van der Waals surface area contributed by atoms with E-state index in [2.05, 4.69) is 22.8 Å². The second kappa shape index (κ2) is 2.58. The molecule has 3 rings (SSSR count). The summed E-state index contributed by atoms with van der Waals surface area (Å²) in [5.74, 6) is 0.886. The molecular weight excluding hydrogens is 164 g/mol. The maximum absolute atomic E-state index is 5.29. The monoisotopic (exact) mass is 178 g/mol. The van der Waals surface area contributed by atoms with Crippen molar-refractivity contribution < 1.29 is 4.74 Å². The van der Waals surface area contributed by atoms with Crippen molar-refractivity contribution in [3.05, 3.63) is 17.5 Å². The maximum Gasteiger partial charge on any atom is 0.123 e. The number of rotatable bonds is 3. The van der Waals surface area contributed by atoms with Crippen LogP contribution in [0, 0.1) is 12.8 Å². The molecule has 0 radical (unpaired) electrons. The summed E-state index contributed by atoms with van der Waals surface area (Å²) in [7, 11) is 0. The van der Waals surface area contributed by atoms with Crippen molar-refractivity contribution in [1.82, 2.24) is 9.78 Å². The SMILES string of the molecule is Cc1cc(C2CO2)n(CC2CC2)n1. The summed E-state index contributed by atoms with van der Waals surface area (Å²) in [6.07, 6.45) is 3.10. The van der Waals surface area contributed by atoms with Crippen molar-refractivity contribution in [2.75, 3.05) is 6.61 Å². The Kier molecular flexibility index (Phi) is 1.50. The standard InChI is InChI=1S/C10H14N2O/c1-7-4-9(10-6-13-10)12(11-7)5-8-2-3-8/h4,8,10H,2-3,5-6H2,1H3. The van der Waals surface area contributed by atoms with Crippen LogP contribution in [0.4, 0.5) is 0 Å². The maximum atomic E-state index is 5.29. The van der Waals surface area contributed by atoms with Gasteiger partial charge in [-0.3, -0.25) is 4.68 Å². The van der Waals surface area contributed by atoms with Crippen LogP contribution in [0.2, 0.25) is 0 Å². The van der Waals surface area contributed by atoms with Crippen LogP contribution in [0.5, 0.6) is 0 Å². The highest BCUT2D eigenvalue weighted by atomic mass is 16.6. The molecule has 0 N–H and O–H groups in total. The van der Waals surface area contributed by atoms with Gasteiger partial charge in [0.25, 0.3) is 0 Å². The molecule has 1 saturated carbocycles. The second-order valence-corrected chi connectivity index (χ2v) is 4.16. The van der Waals surface area contributed by atoms with Crippen molar-refractivity contribution in [2.45, 2.75) is 32.4 Å². The highest BCUT2D eigenvalue weighted by Crippen LogP contribution is 2.34. The number of aryl methyl sites for hydroxylation is 1. The third-order valence-electron chi connectivity index (χ3n) is 2.72. The van der Waals surface area contributed by atoms with E-state index in [0.29, 0.717) is 6.10 Å². The van der Waals surface area contributed by atoms with E-state index < -0.39 is 0 Å². The van der Waals surface area contributed by atoms with Gasteiger partial charge in [0.15, 0.2) is 0 Å². The van der Waals surface area contributed by atoms with Crippen LogP contribution >= 0.6 is 0 Å². The molecule has 0 bridgehead atoms. The lowest BCUT2D eigenvalue weighted by molar-refractivity contribution is 0.395. The number of hydrogen-bond acceptors (Lipinski definition) is 2. The zero-order valence-corrected chi connectivity index (χ0v) is 7.86. The third kappa shape index (κ3) is 1.48. The summed E-state index contributed by atoms with van der Waals surface area (Å²) in [6.45, 7) is 4.04. The topological polar surface area (TPSA) is 30.4 Å². The van der Waals surface area contributed by atoms with Gasteiger partial charge in [0, 0.05) is 6.54 Å². The van der Waals surface area contributed by atoms with Crippen molar-refractivity contribution in [1.29, 1.82) is 0 Å². The molecule has 0 spiro atoms. The molecule has 1 aromatic rings. The number of aromatic nitrogens is 2. The minimum absolute atomic E-state index is 0.347. The first kappa shape index (κ1) is 7.56. The number of hydrogen-bond donors (Lipinski definition) is 0. The van der Waals surface area contributed by atoms with Gasteiger partial charge in [-0.25, -0.2) is 0 Å². The summed E-state index contributed by atoms with van der Waals surface area (Å²) in [4.78, 5) is 0. The molecule has 1 saturated heterocycles. The lowest BCUT2D eigenvalue weighted by atomic mass is 10.3. The third-order valence-corrected chi connectivity index (χ3v) is 2.72. The van der Waals surface area contributed by atoms with Gasteiger partial charge in [-0.05, 0) is 31.7 Å². The Labute approximate surface area is 77.7 Å². The van der Waals surface area contributed by atoms with E-state index in [4.69, 9.17) is 4.74 Å². The molecule has 70 valence electrons. The molecule has 1 unspecified atom stereocenters. The fourth-order valence-corrected chi connectivity index (χ4v) is 1.73. The van der Waals surface area contributed by atoms with E-state index in [1.807, 2.05) is 0 Å². The molecule has 1 aliphatic carbocycles. The molecule has 0 amide bonds. The Bertz CT molecular complexity index is 324. The molecule has 2 aliphatic rings. The van der Waals surface area contributed by atoms with Crippen molar-refractivity contribution >= 4 is 0 Å². The smallest absolute Gasteiger partial charge is 0.123 e. The highest BCUT2D eigenvalue weighted by Gasteiger charge is 2.31. The average molecular weight is 178 g/mol. The van der Waals surface area contributed by atoms with Gasteiger partial charge < -0.3 is 4.74 Å². The van der Waals surface area contributed by atoms with E-state index in [1.165, 1.54) is 18.5 Å². The Morgan fingerprint density at radius 2 is 2.38 bits per heavy atom. The molecule has 2 fully saturated rings. The Morgan fingerprint density at radius 3 is 3.00 bits per heavy atom. The summed E-state index contributed by atoms with van der Waals surface area (Å²) >= 11 is 0. The van der Waals surface area contributed by atoms with E-state index in [9.17, 15) is 0 Å². The Hall–Kier alpha value is -0.830. The molecule has 1 aromatic heterocycles. The molecule has 3 nitrogen and oxygen atoms in total. The first-order chi connectivity index (χ1) is 6.33. The molecule has 2 heterocycles. The zero-order valence-electron chi connectivity index (χ0n) is 7.86.